The molecule has 0 spiro atoms. The Bertz CT molecular complexity index is 1300. The van der Waals surface area contributed by atoms with Crippen molar-refractivity contribution in [3.05, 3.63) is 66.2 Å². The van der Waals surface area contributed by atoms with Crippen LogP contribution in [0.2, 0.25) is 0 Å². The minimum absolute atomic E-state index is 0.949. The molecule has 31 heavy (non-hydrogen) atoms. The molecule has 2 heterocycles. The number of hydrogen-bond acceptors (Lipinski definition) is 3. The summed E-state index contributed by atoms with van der Waals surface area (Å²) >= 11 is 13.2. The molecule has 2 aliphatic heterocycles. The predicted octanol–water partition coefficient (Wildman–Crippen LogP) is 5.09. The maximum Gasteiger partial charge on any atom is 0.0751 e. The average molecular weight is 483 g/mol. The summed E-state index contributed by atoms with van der Waals surface area (Å²) in [5, 5.41) is 5.29. The molecule has 6 heteroatoms. The standard InChI is InChI=1S/C25H28N2P2S2/c1-5-18-16-23-25-24(17-18)29(31,26(6-2)7-3)22-15-11-9-13-20(22)27(25)19-12-8-10-14-21(19)28(23,4)30/h8-17H,5-7H2,1-4H3. The summed E-state index contributed by atoms with van der Waals surface area (Å²) in [6, 6.07) is 20.4. The number of para-hydroxylation sites is 2. The SMILES string of the molecule is CCc1cc2c3c(c1)P(=S)(N(CC)CC)c1ccccc1N3c1ccccc1P2(C)=S. The largest absolute Gasteiger partial charge is 0.308 e. The molecule has 0 amide bonds. The quantitative estimate of drug-likeness (QED) is 0.478. The van der Waals surface area contributed by atoms with E-state index in [4.69, 9.17) is 23.6 Å². The maximum absolute atomic E-state index is 6.74. The summed E-state index contributed by atoms with van der Waals surface area (Å²) in [6.07, 6.45) is -1.17. The highest BCUT2D eigenvalue weighted by molar-refractivity contribution is 8.22. The van der Waals surface area contributed by atoms with Gasteiger partial charge in [-0.25, -0.2) is 0 Å². The summed E-state index contributed by atoms with van der Waals surface area (Å²) in [5.41, 5.74) is 5.11. The van der Waals surface area contributed by atoms with Gasteiger partial charge in [-0.2, -0.15) is 0 Å². The number of nitrogens with zero attached hydrogens (tertiary/aromatic N) is 2. The molecule has 0 fully saturated rings. The van der Waals surface area contributed by atoms with Crippen LogP contribution in [0.25, 0.3) is 0 Å². The van der Waals surface area contributed by atoms with E-state index >= 15 is 0 Å². The molecule has 3 aromatic carbocycles. The van der Waals surface area contributed by atoms with Gasteiger partial charge in [0, 0.05) is 40.3 Å². The van der Waals surface area contributed by atoms with Gasteiger partial charge in [0.05, 0.1) is 23.3 Å². The summed E-state index contributed by atoms with van der Waals surface area (Å²) < 4.78 is 2.53. The van der Waals surface area contributed by atoms with E-state index in [1.807, 2.05) is 0 Å². The van der Waals surface area contributed by atoms with E-state index in [0.29, 0.717) is 0 Å². The van der Waals surface area contributed by atoms with Crippen molar-refractivity contribution >= 4 is 74.1 Å². The Hall–Kier alpha value is -1.28. The molecule has 2 aliphatic rings. The molecule has 3 aromatic rings. The second kappa shape index (κ2) is 7.65. The minimum Gasteiger partial charge on any atom is -0.308 e. The topological polar surface area (TPSA) is 6.48 Å². The van der Waals surface area contributed by atoms with Gasteiger partial charge in [0.15, 0.2) is 0 Å². The summed E-state index contributed by atoms with van der Waals surface area (Å²) in [7, 11) is 0. The van der Waals surface area contributed by atoms with Gasteiger partial charge in [0.25, 0.3) is 0 Å². The molecule has 0 radical (unpaired) electrons. The lowest BCUT2D eigenvalue weighted by atomic mass is 10.1. The summed E-state index contributed by atoms with van der Waals surface area (Å²) in [4.78, 5) is 2.47. The van der Waals surface area contributed by atoms with E-state index in [0.717, 1.165) is 19.5 Å². The number of fused-ring (bicyclic) bond motifs is 4. The molecular formula is C25H28N2P2S2. The Balaban J connectivity index is 1.99. The van der Waals surface area contributed by atoms with Crippen LogP contribution in [0, 0.1) is 0 Å². The fourth-order valence-corrected chi connectivity index (χ4v) is 13.2. The fraction of sp³-hybridized carbons (Fsp3) is 0.280. The van der Waals surface area contributed by atoms with Gasteiger partial charge in [-0.1, -0.05) is 80.8 Å². The van der Waals surface area contributed by atoms with Gasteiger partial charge < -0.3 is 4.90 Å². The third-order valence-corrected chi connectivity index (χ3v) is 15.7. The Morgan fingerprint density at radius 2 is 1.32 bits per heavy atom. The van der Waals surface area contributed by atoms with Crippen LogP contribution in [0.4, 0.5) is 17.1 Å². The Kier molecular flexibility index (Phi) is 5.32. The minimum atomic E-state index is -2.16. The van der Waals surface area contributed by atoms with Gasteiger partial charge in [0.2, 0.25) is 0 Å². The van der Waals surface area contributed by atoms with Gasteiger partial charge in [0.1, 0.15) is 0 Å². The first-order valence-electron chi connectivity index (χ1n) is 11.0. The number of rotatable bonds is 4. The van der Waals surface area contributed by atoms with Crippen LogP contribution in [0.5, 0.6) is 0 Å². The van der Waals surface area contributed by atoms with Crippen LogP contribution in [0.1, 0.15) is 26.3 Å². The van der Waals surface area contributed by atoms with Crippen LogP contribution in [-0.2, 0) is 30.0 Å². The van der Waals surface area contributed by atoms with Gasteiger partial charge >= 0.3 is 0 Å². The van der Waals surface area contributed by atoms with Crippen molar-refractivity contribution in [1.82, 2.24) is 4.67 Å². The fourth-order valence-electron chi connectivity index (χ4n) is 5.13. The van der Waals surface area contributed by atoms with E-state index in [9.17, 15) is 0 Å². The Labute approximate surface area is 196 Å². The highest BCUT2D eigenvalue weighted by Gasteiger charge is 2.45. The molecule has 2 unspecified atom stereocenters. The zero-order chi connectivity index (χ0) is 22.0. The molecule has 0 saturated heterocycles. The zero-order valence-corrected chi connectivity index (χ0v) is 21.9. The highest BCUT2D eigenvalue weighted by Crippen LogP contribution is 2.61. The molecular weight excluding hydrogens is 454 g/mol. The van der Waals surface area contributed by atoms with Crippen molar-refractivity contribution in [3.63, 3.8) is 0 Å². The van der Waals surface area contributed by atoms with Crippen LogP contribution < -0.4 is 26.1 Å². The lowest BCUT2D eigenvalue weighted by Crippen LogP contribution is -2.45. The van der Waals surface area contributed by atoms with E-state index in [1.165, 1.54) is 43.8 Å². The molecule has 0 saturated carbocycles. The molecule has 0 bridgehead atoms. The molecule has 2 nitrogen and oxygen atoms in total. The summed E-state index contributed by atoms with van der Waals surface area (Å²) in [6.45, 7) is 10.9. The van der Waals surface area contributed by atoms with Crippen molar-refractivity contribution in [2.24, 2.45) is 0 Å². The molecule has 0 aromatic heterocycles. The van der Waals surface area contributed by atoms with E-state index in [-0.39, 0.29) is 0 Å². The summed E-state index contributed by atoms with van der Waals surface area (Å²) in [5.74, 6) is 0. The van der Waals surface area contributed by atoms with Crippen LogP contribution in [0.3, 0.4) is 0 Å². The number of benzene rings is 3. The van der Waals surface area contributed by atoms with Crippen molar-refractivity contribution in [2.45, 2.75) is 27.2 Å². The normalized spacial score (nSPS) is 23.3. The molecule has 5 rings (SSSR count). The van der Waals surface area contributed by atoms with Gasteiger partial charge in [-0.3, -0.25) is 4.67 Å². The van der Waals surface area contributed by atoms with Crippen molar-refractivity contribution in [2.75, 3.05) is 24.7 Å². The van der Waals surface area contributed by atoms with Crippen molar-refractivity contribution in [1.29, 1.82) is 0 Å². The highest BCUT2D eigenvalue weighted by atomic mass is 32.4. The molecule has 0 N–H and O–H groups in total. The van der Waals surface area contributed by atoms with Gasteiger partial charge in [-0.15, -0.1) is 0 Å². The number of hydrogen-bond donors (Lipinski definition) is 0. The third kappa shape index (κ3) is 2.86. The van der Waals surface area contributed by atoms with Crippen molar-refractivity contribution in [3.8, 4) is 0 Å². The van der Waals surface area contributed by atoms with E-state index in [1.54, 1.807) is 0 Å². The second-order valence-electron chi connectivity index (χ2n) is 8.29. The first-order valence-corrected chi connectivity index (χ1v) is 17.0. The van der Waals surface area contributed by atoms with Crippen LogP contribution in [-0.4, -0.2) is 24.4 Å². The maximum atomic E-state index is 6.74. The number of anilines is 3. The monoisotopic (exact) mass is 482 g/mol. The van der Waals surface area contributed by atoms with Gasteiger partial charge in [-0.05, 0) is 42.9 Å². The molecule has 160 valence electrons. The molecule has 2 atom stereocenters. The zero-order valence-electron chi connectivity index (χ0n) is 18.5. The van der Waals surface area contributed by atoms with Crippen LogP contribution in [0.15, 0.2) is 60.7 Å². The second-order valence-corrected chi connectivity index (χ2v) is 17.6. The van der Waals surface area contributed by atoms with Crippen molar-refractivity contribution < 1.29 is 0 Å². The first kappa shape index (κ1) is 21.6. The van der Waals surface area contributed by atoms with E-state index < -0.39 is 12.2 Å². The lowest BCUT2D eigenvalue weighted by molar-refractivity contribution is 0.513. The third-order valence-electron chi connectivity index (χ3n) is 6.71. The Morgan fingerprint density at radius 1 is 0.774 bits per heavy atom. The average Bonchev–Trinajstić information content (AvgIpc) is 2.79. The number of aryl methyl sites for hydroxylation is 1. The lowest BCUT2D eigenvalue weighted by Gasteiger charge is -2.48. The molecule has 0 aliphatic carbocycles. The smallest absolute Gasteiger partial charge is 0.0751 e. The Morgan fingerprint density at radius 3 is 1.94 bits per heavy atom. The van der Waals surface area contributed by atoms with Crippen LogP contribution >= 0.6 is 12.2 Å². The first-order chi connectivity index (χ1) is 14.9. The van der Waals surface area contributed by atoms with E-state index in [2.05, 4.69) is 97.7 Å². The predicted molar refractivity (Wildman–Crippen MR) is 146 cm³/mol.